The molecule has 8 aliphatic rings. The van der Waals surface area contributed by atoms with E-state index < -0.39 is 7.25 Å². The van der Waals surface area contributed by atoms with Crippen LogP contribution >= 0.6 is 23.2 Å². The summed E-state index contributed by atoms with van der Waals surface area (Å²) in [6.45, 7) is 0. The van der Waals surface area contributed by atoms with Gasteiger partial charge in [-0.2, -0.15) is 0 Å². The van der Waals surface area contributed by atoms with E-state index in [-0.39, 0.29) is 11.1 Å². The molecule has 0 aliphatic heterocycles. The zero-order valence-corrected chi connectivity index (χ0v) is 19.8. The van der Waals surface area contributed by atoms with Gasteiger partial charge in [0.1, 0.15) is 11.1 Å². The zero-order chi connectivity index (χ0) is 22.5. The summed E-state index contributed by atoms with van der Waals surface area (Å²) in [5.41, 5.74) is 0.534. The van der Waals surface area contributed by atoms with Crippen LogP contribution in [0, 0.1) is 35.5 Å². The molecule has 0 radical (unpaired) electrons. The Morgan fingerprint density at radius 3 is 1.44 bits per heavy atom. The van der Waals surface area contributed by atoms with Crippen molar-refractivity contribution in [2.75, 3.05) is 0 Å². The van der Waals surface area contributed by atoms with E-state index in [1.54, 1.807) is 0 Å². The third-order valence-electron chi connectivity index (χ3n) is 9.86. The molecule has 2 nitrogen and oxygen atoms in total. The molecule has 9 rings (SSSR count). The van der Waals surface area contributed by atoms with Gasteiger partial charge in [0.25, 0.3) is 10.3 Å². The summed E-state index contributed by atoms with van der Waals surface area (Å²) in [4.78, 5) is 0. The topological polar surface area (TPSA) is 8.81 Å². The van der Waals surface area contributed by atoms with Crippen LogP contribution in [0.25, 0.3) is 0 Å². The highest BCUT2D eigenvalue weighted by atomic mass is 35.5. The number of halogens is 6. The average Bonchev–Trinajstić information content (AvgIpc) is 2.95. The molecule has 0 N–H and O–H groups in total. The predicted octanol–water partition coefficient (Wildman–Crippen LogP) is 7.23. The minimum atomic E-state index is -6.00. The molecule has 32 heavy (non-hydrogen) atoms. The molecule has 0 atom stereocenters. The Hall–Kier alpha value is -0.425. The maximum absolute atomic E-state index is 9.75. The zero-order valence-electron chi connectivity index (χ0n) is 18.3. The lowest BCUT2D eigenvalue weighted by Gasteiger charge is -2.55. The van der Waals surface area contributed by atoms with Crippen LogP contribution in [0.1, 0.15) is 77.0 Å². The molecule has 0 amide bonds. The van der Waals surface area contributed by atoms with E-state index in [1.807, 2.05) is 0 Å². The summed E-state index contributed by atoms with van der Waals surface area (Å²) in [5.74, 6) is 5.59. The van der Waals surface area contributed by atoms with Crippen LogP contribution in [0.15, 0.2) is 6.33 Å². The Morgan fingerprint density at radius 2 is 1.06 bits per heavy atom. The number of hydrogen-bond acceptors (Lipinski definition) is 0. The van der Waals surface area contributed by atoms with E-state index >= 15 is 0 Å². The summed E-state index contributed by atoms with van der Waals surface area (Å²) in [5, 5.41) is 1.68. The Balaban J connectivity index is 0.000000357. The summed E-state index contributed by atoms with van der Waals surface area (Å²) in [6, 6.07) is 0. The second kappa shape index (κ2) is 7.29. The highest BCUT2D eigenvalue weighted by Gasteiger charge is 2.59. The monoisotopic (exact) mass is 492 g/mol. The second-order valence-electron chi connectivity index (χ2n) is 12.2. The Kier molecular flexibility index (Phi) is 5.03. The Bertz CT molecular complexity index is 773. The molecular formula is C23H31BCl2F4N2. The first-order valence-corrected chi connectivity index (χ1v) is 13.1. The lowest BCUT2D eigenvalue weighted by molar-refractivity contribution is -0.774. The SMILES string of the molecule is Clc1c(Cl)[n+](C23CC4CC(CC(C4)C2)C3)cn1C12CC3CC(CC(C3)C1)C2.F[B-](F)(F)F. The summed E-state index contributed by atoms with van der Waals surface area (Å²) in [6.07, 6.45) is 19.3. The maximum Gasteiger partial charge on any atom is 0.673 e. The second-order valence-corrected chi connectivity index (χ2v) is 12.9. The highest BCUT2D eigenvalue weighted by Crippen LogP contribution is 2.60. The van der Waals surface area contributed by atoms with Gasteiger partial charge in [-0.05, 0) is 136 Å². The van der Waals surface area contributed by atoms with Crippen molar-refractivity contribution >= 4 is 30.5 Å². The molecule has 8 saturated carbocycles. The van der Waals surface area contributed by atoms with E-state index in [0.29, 0.717) is 0 Å². The van der Waals surface area contributed by atoms with E-state index in [9.17, 15) is 17.3 Å². The molecular weight excluding hydrogens is 462 g/mol. The van der Waals surface area contributed by atoms with Crippen molar-refractivity contribution in [1.29, 1.82) is 0 Å². The molecule has 1 aromatic heterocycles. The molecule has 0 unspecified atom stereocenters. The first kappa shape index (κ1) is 22.1. The lowest BCUT2D eigenvalue weighted by atomic mass is 9.53. The fourth-order valence-electron chi connectivity index (χ4n) is 9.80. The van der Waals surface area contributed by atoms with Crippen molar-refractivity contribution in [3.8, 4) is 0 Å². The quantitative estimate of drug-likeness (QED) is 0.234. The van der Waals surface area contributed by atoms with Crippen molar-refractivity contribution in [3.05, 3.63) is 16.6 Å². The fourth-order valence-corrected chi connectivity index (χ4v) is 10.4. The van der Waals surface area contributed by atoms with Gasteiger partial charge >= 0.3 is 7.25 Å². The number of rotatable bonds is 2. The highest BCUT2D eigenvalue weighted by molar-refractivity contribution is 6.50. The first-order chi connectivity index (χ1) is 15.0. The van der Waals surface area contributed by atoms with Gasteiger partial charge in [0.15, 0.2) is 0 Å². The van der Waals surface area contributed by atoms with Crippen molar-refractivity contribution in [3.63, 3.8) is 0 Å². The lowest BCUT2D eigenvalue weighted by Crippen LogP contribution is -2.64. The van der Waals surface area contributed by atoms with Gasteiger partial charge in [0.05, 0.1) is 0 Å². The van der Waals surface area contributed by atoms with Gasteiger partial charge in [0, 0.05) is 0 Å². The van der Waals surface area contributed by atoms with Crippen molar-refractivity contribution < 1.29 is 21.8 Å². The standard InChI is InChI=1S/C23H31Cl2N2.BF4/c24-20-21(25)27(23-10-17-4-18(11-23)6-19(5-17)12-23)13-26(20)22-7-14-1-15(8-22)3-16(2-14)9-22;2-1(3,4)5/h13-19H,1-12H2;/q+1;-1. The van der Waals surface area contributed by atoms with Crippen LogP contribution < -0.4 is 4.57 Å². The van der Waals surface area contributed by atoms with E-state index in [4.69, 9.17) is 23.2 Å². The van der Waals surface area contributed by atoms with Crippen LogP contribution in [0.5, 0.6) is 0 Å². The van der Waals surface area contributed by atoms with Crippen LogP contribution in [0.4, 0.5) is 17.3 Å². The summed E-state index contributed by atoms with van der Waals surface area (Å²) in [7, 11) is -6.00. The third-order valence-corrected chi connectivity index (χ3v) is 10.7. The summed E-state index contributed by atoms with van der Waals surface area (Å²) >= 11 is 14.0. The minimum Gasteiger partial charge on any atom is -0.418 e. The molecule has 0 spiro atoms. The summed E-state index contributed by atoms with van der Waals surface area (Å²) < 4.78 is 44.0. The number of aromatic nitrogens is 2. The van der Waals surface area contributed by atoms with Gasteiger partial charge in [-0.15, -0.1) is 0 Å². The normalized spacial score (nSPS) is 45.8. The molecule has 9 heteroatoms. The molecule has 8 fully saturated rings. The van der Waals surface area contributed by atoms with Gasteiger partial charge in [0.2, 0.25) is 6.33 Å². The van der Waals surface area contributed by atoms with Crippen molar-refractivity contribution in [2.24, 2.45) is 35.5 Å². The van der Waals surface area contributed by atoms with Crippen LogP contribution in [0.3, 0.4) is 0 Å². The smallest absolute Gasteiger partial charge is 0.418 e. The molecule has 0 saturated heterocycles. The molecule has 1 aromatic rings. The minimum absolute atomic E-state index is 0.267. The first-order valence-electron chi connectivity index (χ1n) is 12.4. The molecule has 8 aliphatic carbocycles. The Labute approximate surface area is 197 Å². The van der Waals surface area contributed by atoms with Crippen molar-refractivity contribution in [1.82, 2.24) is 4.57 Å². The van der Waals surface area contributed by atoms with Crippen molar-refractivity contribution in [2.45, 2.75) is 88.1 Å². The van der Waals surface area contributed by atoms with Gasteiger partial charge in [-0.25, -0.2) is 9.13 Å². The predicted molar refractivity (Wildman–Crippen MR) is 117 cm³/mol. The largest absolute Gasteiger partial charge is 0.673 e. The average molecular weight is 493 g/mol. The molecule has 0 aromatic carbocycles. The van der Waals surface area contributed by atoms with Gasteiger partial charge < -0.3 is 17.3 Å². The van der Waals surface area contributed by atoms with Crippen LogP contribution in [-0.4, -0.2) is 11.8 Å². The molecule has 1 heterocycles. The molecule has 8 bridgehead atoms. The van der Waals surface area contributed by atoms with Gasteiger partial charge in [-0.3, -0.25) is 0 Å². The fraction of sp³-hybridized carbons (Fsp3) is 0.870. The number of imidazole rings is 1. The maximum atomic E-state index is 9.75. The molecule has 178 valence electrons. The van der Waals surface area contributed by atoms with E-state index in [1.165, 1.54) is 77.0 Å². The van der Waals surface area contributed by atoms with E-state index in [0.717, 1.165) is 45.8 Å². The van der Waals surface area contributed by atoms with Gasteiger partial charge in [-0.1, -0.05) is 0 Å². The third kappa shape index (κ3) is 3.63. The van der Waals surface area contributed by atoms with Crippen LogP contribution in [0.2, 0.25) is 10.3 Å². The Morgan fingerprint density at radius 1 is 0.719 bits per heavy atom. The van der Waals surface area contributed by atoms with Crippen LogP contribution in [-0.2, 0) is 11.1 Å². The van der Waals surface area contributed by atoms with E-state index in [2.05, 4.69) is 15.5 Å². The number of hydrogen-bond donors (Lipinski definition) is 0. The number of nitrogens with zero attached hydrogens (tertiary/aromatic N) is 2.